The van der Waals surface area contributed by atoms with Crippen molar-refractivity contribution in [3.63, 3.8) is 0 Å². The van der Waals surface area contributed by atoms with Crippen LogP contribution in [0.2, 0.25) is 0 Å². The maximum Gasteiger partial charge on any atom is 0.278 e. The zero-order chi connectivity index (χ0) is 17.3. The molecule has 0 atom stereocenters. The van der Waals surface area contributed by atoms with Crippen molar-refractivity contribution in [3.05, 3.63) is 74.5 Å². The van der Waals surface area contributed by atoms with E-state index in [4.69, 9.17) is 11.0 Å². The van der Waals surface area contributed by atoms with Gasteiger partial charge >= 0.3 is 0 Å². The van der Waals surface area contributed by atoms with Gasteiger partial charge < -0.3 is 5.73 Å². The number of carbonyl (C=O) groups is 1. The second-order valence-electron chi connectivity index (χ2n) is 5.07. The first-order valence-corrected chi connectivity index (χ1v) is 7.71. The summed E-state index contributed by atoms with van der Waals surface area (Å²) in [5, 5.41) is 9.89. The average Bonchev–Trinajstić information content (AvgIpc) is 2.58. The van der Waals surface area contributed by atoms with E-state index in [9.17, 15) is 9.59 Å². The number of amides is 1. The van der Waals surface area contributed by atoms with Gasteiger partial charge in [-0.05, 0) is 53.9 Å². The summed E-state index contributed by atoms with van der Waals surface area (Å²) >= 11 is 3.34. The number of anilines is 1. The van der Waals surface area contributed by atoms with E-state index in [0.29, 0.717) is 21.9 Å². The average molecular weight is 383 g/mol. The molecule has 7 heteroatoms. The lowest BCUT2D eigenvalue weighted by molar-refractivity contribution is 0.101. The topological polar surface area (TPSA) is 101 Å². The van der Waals surface area contributed by atoms with Crippen LogP contribution in [0.25, 0.3) is 10.8 Å². The molecule has 2 aromatic carbocycles. The predicted octanol–water partition coefficient (Wildman–Crippen LogP) is 2.60. The molecular weight excluding hydrogens is 372 g/mol. The highest BCUT2D eigenvalue weighted by atomic mass is 79.9. The quantitative estimate of drug-likeness (QED) is 0.710. The number of aromatic nitrogens is 1. The van der Waals surface area contributed by atoms with E-state index in [1.165, 1.54) is 24.3 Å². The molecule has 1 heterocycles. The molecule has 0 aliphatic heterocycles. The minimum Gasteiger partial charge on any atom is -0.384 e. The largest absolute Gasteiger partial charge is 0.384 e. The SMILES string of the molecule is N#Cc1ccc(C(=O)Nn2c(N)cc3cc(Br)ccc3c2=O)cc1. The van der Waals surface area contributed by atoms with Gasteiger partial charge in [-0.2, -0.15) is 5.26 Å². The molecule has 118 valence electrons. The van der Waals surface area contributed by atoms with Gasteiger partial charge in [0.2, 0.25) is 0 Å². The molecule has 24 heavy (non-hydrogen) atoms. The molecular formula is C17H11BrN4O2. The van der Waals surface area contributed by atoms with Crippen LogP contribution in [0.5, 0.6) is 0 Å². The summed E-state index contributed by atoms with van der Waals surface area (Å²) in [7, 11) is 0. The molecule has 0 unspecified atom stereocenters. The number of nitrogen functional groups attached to an aromatic ring is 1. The standard InChI is InChI=1S/C17H11BrN4O2/c18-13-5-6-14-12(7-13)8-15(20)22(17(14)24)21-16(23)11-3-1-10(9-19)2-4-11/h1-8H,20H2,(H,21,23). The maximum atomic E-state index is 12.5. The summed E-state index contributed by atoms with van der Waals surface area (Å²) in [6, 6.07) is 14.8. The number of hydrogen-bond donors (Lipinski definition) is 2. The summed E-state index contributed by atoms with van der Waals surface area (Å²) in [4.78, 5) is 24.8. The van der Waals surface area contributed by atoms with Gasteiger partial charge in [0.1, 0.15) is 5.82 Å². The van der Waals surface area contributed by atoms with Gasteiger partial charge in [0.15, 0.2) is 0 Å². The predicted molar refractivity (Wildman–Crippen MR) is 95.2 cm³/mol. The van der Waals surface area contributed by atoms with Crippen molar-refractivity contribution in [3.8, 4) is 6.07 Å². The Morgan fingerprint density at radius 1 is 1.17 bits per heavy atom. The summed E-state index contributed by atoms with van der Waals surface area (Å²) in [5.74, 6) is -0.377. The Balaban J connectivity index is 2.00. The smallest absolute Gasteiger partial charge is 0.278 e. The Hall–Kier alpha value is -3.11. The minimum atomic E-state index is -0.496. The molecule has 6 nitrogen and oxygen atoms in total. The van der Waals surface area contributed by atoms with Crippen LogP contribution >= 0.6 is 15.9 Å². The highest BCUT2D eigenvalue weighted by Crippen LogP contribution is 2.19. The van der Waals surface area contributed by atoms with Crippen LogP contribution in [-0.4, -0.2) is 10.6 Å². The van der Waals surface area contributed by atoms with Crippen LogP contribution in [0.3, 0.4) is 0 Å². The van der Waals surface area contributed by atoms with Crippen molar-refractivity contribution in [1.82, 2.24) is 4.68 Å². The lowest BCUT2D eigenvalue weighted by atomic mass is 10.1. The zero-order valence-corrected chi connectivity index (χ0v) is 13.9. The number of nitriles is 1. The van der Waals surface area contributed by atoms with Gasteiger partial charge in [-0.25, -0.2) is 4.68 Å². The van der Waals surface area contributed by atoms with E-state index >= 15 is 0 Å². The molecule has 1 aromatic heterocycles. The summed E-state index contributed by atoms with van der Waals surface area (Å²) < 4.78 is 1.84. The van der Waals surface area contributed by atoms with E-state index in [2.05, 4.69) is 21.4 Å². The van der Waals surface area contributed by atoms with E-state index in [1.54, 1.807) is 24.3 Å². The van der Waals surface area contributed by atoms with Crippen molar-refractivity contribution in [2.45, 2.75) is 0 Å². The molecule has 0 spiro atoms. The van der Waals surface area contributed by atoms with E-state index in [0.717, 1.165) is 9.15 Å². The van der Waals surface area contributed by atoms with Crippen LogP contribution in [0.15, 0.2) is 57.8 Å². The number of rotatable bonds is 2. The van der Waals surface area contributed by atoms with Crippen LogP contribution < -0.4 is 16.7 Å². The molecule has 0 fully saturated rings. The van der Waals surface area contributed by atoms with Crippen molar-refractivity contribution < 1.29 is 4.79 Å². The lowest BCUT2D eigenvalue weighted by Gasteiger charge is -2.12. The molecule has 3 N–H and O–H groups in total. The van der Waals surface area contributed by atoms with Gasteiger partial charge in [-0.15, -0.1) is 0 Å². The number of carbonyl (C=O) groups excluding carboxylic acids is 1. The monoisotopic (exact) mass is 382 g/mol. The number of hydrogen-bond acceptors (Lipinski definition) is 4. The highest BCUT2D eigenvalue weighted by Gasteiger charge is 2.12. The molecule has 0 saturated heterocycles. The fraction of sp³-hybridized carbons (Fsp3) is 0. The van der Waals surface area contributed by atoms with Crippen LogP contribution in [-0.2, 0) is 0 Å². The second-order valence-corrected chi connectivity index (χ2v) is 5.99. The van der Waals surface area contributed by atoms with E-state index in [1.807, 2.05) is 6.07 Å². The van der Waals surface area contributed by atoms with Crippen molar-refractivity contribution >= 4 is 38.4 Å². The Morgan fingerprint density at radius 3 is 2.54 bits per heavy atom. The van der Waals surface area contributed by atoms with Crippen molar-refractivity contribution in [1.29, 1.82) is 5.26 Å². The van der Waals surface area contributed by atoms with Crippen LogP contribution in [0.4, 0.5) is 5.82 Å². The molecule has 0 bridgehead atoms. The Kier molecular flexibility index (Phi) is 4.06. The summed E-state index contributed by atoms with van der Waals surface area (Å²) in [6.07, 6.45) is 0. The number of fused-ring (bicyclic) bond motifs is 1. The third-order valence-electron chi connectivity index (χ3n) is 3.50. The van der Waals surface area contributed by atoms with Crippen LogP contribution in [0, 0.1) is 11.3 Å². The van der Waals surface area contributed by atoms with Crippen molar-refractivity contribution in [2.24, 2.45) is 0 Å². The normalized spacial score (nSPS) is 10.3. The molecule has 0 aliphatic carbocycles. The third kappa shape index (κ3) is 2.87. The maximum absolute atomic E-state index is 12.5. The Bertz CT molecular complexity index is 1050. The fourth-order valence-electron chi connectivity index (χ4n) is 2.29. The van der Waals surface area contributed by atoms with Gasteiger partial charge in [0, 0.05) is 15.4 Å². The highest BCUT2D eigenvalue weighted by molar-refractivity contribution is 9.10. The van der Waals surface area contributed by atoms with E-state index < -0.39 is 11.5 Å². The van der Waals surface area contributed by atoms with Gasteiger partial charge in [0.05, 0.1) is 11.6 Å². The first-order valence-electron chi connectivity index (χ1n) is 6.92. The Morgan fingerprint density at radius 2 is 1.88 bits per heavy atom. The van der Waals surface area contributed by atoms with E-state index in [-0.39, 0.29) is 5.82 Å². The Labute approximate surface area is 145 Å². The summed E-state index contributed by atoms with van der Waals surface area (Å²) in [6.45, 7) is 0. The van der Waals surface area contributed by atoms with Gasteiger partial charge in [-0.1, -0.05) is 15.9 Å². The van der Waals surface area contributed by atoms with Crippen LogP contribution in [0.1, 0.15) is 15.9 Å². The first kappa shape index (κ1) is 15.8. The number of nitrogens with zero attached hydrogens (tertiary/aromatic N) is 2. The fourth-order valence-corrected chi connectivity index (χ4v) is 2.67. The summed E-state index contributed by atoms with van der Waals surface area (Å²) in [5.41, 5.74) is 8.73. The number of nitrogens with two attached hydrogens (primary N) is 1. The second kappa shape index (κ2) is 6.18. The molecule has 3 aromatic rings. The molecule has 3 rings (SSSR count). The molecule has 0 saturated carbocycles. The van der Waals surface area contributed by atoms with Gasteiger partial charge in [0.25, 0.3) is 11.5 Å². The number of pyridine rings is 1. The molecule has 1 amide bonds. The third-order valence-corrected chi connectivity index (χ3v) is 3.99. The lowest BCUT2D eigenvalue weighted by Crippen LogP contribution is -2.34. The first-order chi connectivity index (χ1) is 11.5. The minimum absolute atomic E-state index is 0.118. The number of nitrogens with one attached hydrogen (secondary N) is 1. The van der Waals surface area contributed by atoms with Crippen molar-refractivity contribution in [2.75, 3.05) is 11.2 Å². The number of halogens is 1. The number of benzene rings is 2. The molecule has 0 radical (unpaired) electrons. The molecule has 0 aliphatic rings. The zero-order valence-electron chi connectivity index (χ0n) is 12.3. The van der Waals surface area contributed by atoms with Gasteiger partial charge in [-0.3, -0.25) is 15.0 Å².